The molecule has 0 saturated heterocycles. The number of amides is 1. The van der Waals surface area contributed by atoms with Crippen molar-refractivity contribution >= 4 is 28.6 Å². The van der Waals surface area contributed by atoms with Gasteiger partial charge in [0.1, 0.15) is 12.4 Å². The second-order valence-corrected chi connectivity index (χ2v) is 8.17. The Balaban J connectivity index is 1.59. The van der Waals surface area contributed by atoms with Crippen LogP contribution in [0.5, 0.6) is 5.75 Å². The molecule has 33 heavy (non-hydrogen) atoms. The average molecular weight is 465 g/mol. The van der Waals surface area contributed by atoms with E-state index in [9.17, 15) is 9.90 Å². The SMILES string of the molecule is O=C(O)NCC[C@@H](O)[C@H](c1ccccc1)n1ccc2cc(OCc3ccccc3Cl)ccc21. The van der Waals surface area contributed by atoms with Crippen molar-refractivity contribution in [1.82, 2.24) is 9.88 Å². The molecule has 0 aliphatic heterocycles. The number of nitrogens with zero attached hydrogens (tertiary/aromatic N) is 1. The van der Waals surface area contributed by atoms with Gasteiger partial charge in [0.2, 0.25) is 0 Å². The van der Waals surface area contributed by atoms with E-state index in [0.29, 0.717) is 11.6 Å². The van der Waals surface area contributed by atoms with Crippen LogP contribution in [0.25, 0.3) is 10.9 Å². The standard InChI is InChI=1S/C26H25ClN2O4/c27-22-9-5-4-8-20(22)17-33-21-10-11-23-19(16-21)13-15-29(23)25(18-6-2-1-3-7-18)24(30)12-14-28-26(31)32/h1-11,13,15-16,24-25,28,30H,12,14,17H2,(H,31,32)/t24-,25+/m1/s1. The summed E-state index contributed by atoms with van der Waals surface area (Å²) in [5.41, 5.74) is 2.80. The van der Waals surface area contributed by atoms with Gasteiger partial charge < -0.3 is 24.8 Å². The van der Waals surface area contributed by atoms with Gasteiger partial charge in [0.05, 0.1) is 12.1 Å². The molecule has 4 aromatic rings. The topological polar surface area (TPSA) is 83.7 Å². The van der Waals surface area contributed by atoms with E-state index >= 15 is 0 Å². The Morgan fingerprint density at radius 3 is 2.55 bits per heavy atom. The Labute approximate surface area is 197 Å². The summed E-state index contributed by atoms with van der Waals surface area (Å²) in [4.78, 5) is 10.8. The molecule has 1 amide bonds. The predicted octanol–water partition coefficient (Wildman–Crippen LogP) is 5.48. The molecule has 0 aliphatic carbocycles. The lowest BCUT2D eigenvalue weighted by molar-refractivity contribution is 0.121. The molecule has 7 heteroatoms. The van der Waals surface area contributed by atoms with Gasteiger partial charge in [0.15, 0.2) is 0 Å². The number of benzene rings is 3. The normalized spacial score (nSPS) is 12.9. The van der Waals surface area contributed by atoms with Crippen molar-refractivity contribution < 1.29 is 19.7 Å². The molecule has 4 rings (SSSR count). The molecule has 6 nitrogen and oxygen atoms in total. The van der Waals surface area contributed by atoms with Gasteiger partial charge in [-0.05, 0) is 42.3 Å². The van der Waals surface area contributed by atoms with Crippen LogP contribution in [0.1, 0.15) is 23.6 Å². The quantitative estimate of drug-likeness (QED) is 0.306. The number of ether oxygens (including phenoxy) is 1. The zero-order valence-corrected chi connectivity index (χ0v) is 18.7. The number of hydrogen-bond donors (Lipinski definition) is 3. The number of aliphatic hydroxyl groups excluding tert-OH is 1. The number of rotatable bonds is 9. The fraction of sp³-hybridized carbons (Fsp3) is 0.192. The Hall–Kier alpha value is -3.48. The summed E-state index contributed by atoms with van der Waals surface area (Å²) in [6, 6.07) is 24.7. The first kappa shape index (κ1) is 22.7. The highest BCUT2D eigenvalue weighted by Crippen LogP contribution is 2.31. The van der Waals surface area contributed by atoms with Crippen LogP contribution < -0.4 is 10.1 Å². The van der Waals surface area contributed by atoms with E-state index in [1.807, 2.05) is 89.6 Å². The number of carboxylic acid groups (broad SMARTS) is 1. The zero-order chi connectivity index (χ0) is 23.2. The summed E-state index contributed by atoms with van der Waals surface area (Å²) in [5.74, 6) is 0.725. The molecule has 170 valence electrons. The van der Waals surface area contributed by atoms with Crippen molar-refractivity contribution in [3.05, 3.63) is 101 Å². The number of fused-ring (bicyclic) bond motifs is 1. The van der Waals surface area contributed by atoms with Gasteiger partial charge in [0.25, 0.3) is 0 Å². The monoisotopic (exact) mass is 464 g/mol. The first-order chi connectivity index (χ1) is 16.0. The molecule has 1 aromatic heterocycles. The van der Waals surface area contributed by atoms with E-state index in [1.54, 1.807) is 0 Å². The molecule has 1 heterocycles. The molecule has 0 saturated carbocycles. The number of nitrogens with one attached hydrogen (secondary N) is 1. The molecule has 3 N–H and O–H groups in total. The summed E-state index contributed by atoms with van der Waals surface area (Å²) in [7, 11) is 0. The van der Waals surface area contributed by atoms with Crippen molar-refractivity contribution in [3.8, 4) is 5.75 Å². The Bertz CT molecular complexity index is 1230. The van der Waals surface area contributed by atoms with Crippen molar-refractivity contribution in [3.63, 3.8) is 0 Å². The molecule has 2 atom stereocenters. The number of aromatic nitrogens is 1. The van der Waals surface area contributed by atoms with Crippen LogP contribution in [0, 0.1) is 0 Å². The molecular formula is C26H25ClN2O4. The van der Waals surface area contributed by atoms with Gasteiger partial charge in [-0.1, -0.05) is 60.1 Å². The summed E-state index contributed by atoms with van der Waals surface area (Å²) in [5, 5.41) is 23.8. The molecule has 0 unspecified atom stereocenters. The minimum atomic E-state index is -1.10. The Morgan fingerprint density at radius 1 is 1.03 bits per heavy atom. The maximum absolute atomic E-state index is 11.0. The Kier molecular flexibility index (Phi) is 7.17. The summed E-state index contributed by atoms with van der Waals surface area (Å²) < 4.78 is 7.97. The largest absolute Gasteiger partial charge is 0.489 e. The highest BCUT2D eigenvalue weighted by Gasteiger charge is 2.24. The summed E-state index contributed by atoms with van der Waals surface area (Å²) >= 11 is 6.22. The third-order valence-corrected chi connectivity index (χ3v) is 5.93. The second-order valence-electron chi connectivity index (χ2n) is 7.77. The molecule has 0 radical (unpaired) electrons. The second kappa shape index (κ2) is 10.4. The van der Waals surface area contributed by atoms with E-state index in [-0.39, 0.29) is 19.0 Å². The third kappa shape index (κ3) is 5.48. The minimum absolute atomic E-state index is 0.166. The zero-order valence-electron chi connectivity index (χ0n) is 17.9. The van der Waals surface area contributed by atoms with Gasteiger partial charge in [-0.25, -0.2) is 4.79 Å². The first-order valence-electron chi connectivity index (χ1n) is 10.7. The van der Waals surface area contributed by atoms with E-state index < -0.39 is 12.2 Å². The van der Waals surface area contributed by atoms with E-state index in [2.05, 4.69) is 5.32 Å². The molecule has 0 fully saturated rings. The van der Waals surface area contributed by atoms with Crippen molar-refractivity contribution in [1.29, 1.82) is 0 Å². The number of halogens is 1. The molecule has 0 aliphatic rings. The van der Waals surface area contributed by atoms with Crippen molar-refractivity contribution in [2.24, 2.45) is 0 Å². The van der Waals surface area contributed by atoms with Crippen LogP contribution in [-0.2, 0) is 6.61 Å². The van der Waals surface area contributed by atoms with E-state index in [0.717, 1.165) is 27.8 Å². The van der Waals surface area contributed by atoms with Crippen LogP contribution in [0.15, 0.2) is 85.1 Å². The fourth-order valence-electron chi connectivity index (χ4n) is 3.95. The van der Waals surface area contributed by atoms with Gasteiger partial charge in [-0.3, -0.25) is 0 Å². The number of hydrogen-bond acceptors (Lipinski definition) is 3. The van der Waals surface area contributed by atoms with Crippen LogP contribution in [0.4, 0.5) is 4.79 Å². The van der Waals surface area contributed by atoms with E-state index in [1.165, 1.54) is 0 Å². The van der Waals surface area contributed by atoms with E-state index in [4.69, 9.17) is 21.4 Å². The lowest BCUT2D eigenvalue weighted by Gasteiger charge is -2.26. The van der Waals surface area contributed by atoms with Crippen molar-refractivity contribution in [2.45, 2.75) is 25.2 Å². The molecule has 3 aromatic carbocycles. The lowest BCUT2D eigenvalue weighted by Crippen LogP contribution is -2.30. The summed E-state index contributed by atoms with van der Waals surface area (Å²) in [6.07, 6.45) is 0.332. The van der Waals surface area contributed by atoms with Crippen LogP contribution in [0.3, 0.4) is 0 Å². The fourth-order valence-corrected chi connectivity index (χ4v) is 4.14. The van der Waals surface area contributed by atoms with Gasteiger partial charge in [-0.15, -0.1) is 0 Å². The number of aliphatic hydroxyl groups is 1. The highest BCUT2D eigenvalue weighted by molar-refractivity contribution is 6.31. The first-order valence-corrected chi connectivity index (χ1v) is 11.1. The minimum Gasteiger partial charge on any atom is -0.489 e. The van der Waals surface area contributed by atoms with Gasteiger partial charge >= 0.3 is 6.09 Å². The van der Waals surface area contributed by atoms with Crippen LogP contribution >= 0.6 is 11.6 Å². The number of carbonyl (C=O) groups is 1. The van der Waals surface area contributed by atoms with Crippen LogP contribution in [0.2, 0.25) is 5.02 Å². The smallest absolute Gasteiger partial charge is 0.404 e. The molecule has 0 bridgehead atoms. The third-order valence-electron chi connectivity index (χ3n) is 5.57. The van der Waals surface area contributed by atoms with Gasteiger partial charge in [0, 0.05) is 34.2 Å². The lowest BCUT2D eigenvalue weighted by atomic mass is 9.98. The summed E-state index contributed by atoms with van der Waals surface area (Å²) in [6.45, 7) is 0.535. The van der Waals surface area contributed by atoms with Crippen molar-refractivity contribution in [2.75, 3.05) is 6.54 Å². The van der Waals surface area contributed by atoms with Gasteiger partial charge in [-0.2, -0.15) is 0 Å². The maximum atomic E-state index is 11.0. The highest BCUT2D eigenvalue weighted by atomic mass is 35.5. The molecular weight excluding hydrogens is 440 g/mol. The average Bonchev–Trinajstić information content (AvgIpc) is 3.22. The van der Waals surface area contributed by atoms with Crippen LogP contribution in [-0.4, -0.2) is 33.5 Å². The Morgan fingerprint density at radius 2 is 1.79 bits per heavy atom. The maximum Gasteiger partial charge on any atom is 0.404 e. The predicted molar refractivity (Wildman–Crippen MR) is 129 cm³/mol. The molecule has 0 spiro atoms.